The van der Waals surface area contributed by atoms with E-state index in [1.807, 2.05) is 54.6 Å². The second kappa shape index (κ2) is 10.2. The number of aliphatic carboxylic acids is 1. The topological polar surface area (TPSA) is 37.3 Å². The van der Waals surface area contributed by atoms with E-state index in [1.54, 1.807) is 0 Å². The van der Waals surface area contributed by atoms with Crippen LogP contribution in [0.5, 0.6) is 0 Å². The van der Waals surface area contributed by atoms with E-state index in [4.69, 9.17) is 1.37 Å². The monoisotopic (exact) mass is 404 g/mol. The summed E-state index contributed by atoms with van der Waals surface area (Å²) in [6.07, 6.45) is 3.52. The SMILES string of the molecule is [2H]/C(C(=O)O)=C(/CCCCC)[P+](c1ccccc1)(c1ccccc1)c1ccccc1. The summed E-state index contributed by atoms with van der Waals surface area (Å²) in [7, 11) is -2.50. The molecule has 0 atom stereocenters. The number of benzene rings is 3. The molecule has 3 heteroatoms. The van der Waals surface area contributed by atoms with Crippen LogP contribution >= 0.6 is 7.26 Å². The van der Waals surface area contributed by atoms with Gasteiger partial charge in [0.05, 0.1) is 12.7 Å². The van der Waals surface area contributed by atoms with Gasteiger partial charge in [-0.05, 0) is 42.8 Å². The molecule has 0 heterocycles. The lowest BCUT2D eigenvalue weighted by Gasteiger charge is -2.29. The van der Waals surface area contributed by atoms with Crippen molar-refractivity contribution in [1.82, 2.24) is 0 Å². The molecule has 0 bridgehead atoms. The standard InChI is InChI=1S/C26H27O2P/c1-2-3-7-20-25(21-26(27)28)29(22-14-8-4-9-15-22,23-16-10-5-11-17-23)24-18-12-6-13-19-24/h4-6,8-19,21H,2-3,7,20H2,1H3/p+1/b25-21+/i21D. The van der Waals surface area contributed by atoms with Crippen LogP contribution < -0.4 is 15.9 Å². The highest BCUT2D eigenvalue weighted by atomic mass is 31.2. The molecule has 3 aromatic rings. The van der Waals surface area contributed by atoms with Crippen LogP contribution in [0.15, 0.2) is 102 Å². The summed E-state index contributed by atoms with van der Waals surface area (Å²) in [4.78, 5) is 12.1. The van der Waals surface area contributed by atoms with Crippen LogP contribution in [-0.2, 0) is 4.79 Å². The molecule has 0 saturated heterocycles. The maximum atomic E-state index is 12.1. The molecule has 0 radical (unpaired) electrons. The van der Waals surface area contributed by atoms with E-state index < -0.39 is 13.2 Å². The Bertz CT molecular complexity index is 889. The second-order valence-corrected chi connectivity index (χ2v) is 10.4. The fourth-order valence-corrected chi connectivity index (χ4v) is 8.29. The van der Waals surface area contributed by atoms with Crippen LogP contribution in [0, 0.1) is 0 Å². The number of allylic oxidation sites excluding steroid dienone is 1. The van der Waals surface area contributed by atoms with Crippen LogP contribution in [0.3, 0.4) is 0 Å². The van der Waals surface area contributed by atoms with Crippen LogP contribution in [0.25, 0.3) is 0 Å². The fraction of sp³-hybridized carbons (Fsp3) is 0.192. The van der Waals surface area contributed by atoms with Crippen molar-refractivity contribution in [3.8, 4) is 0 Å². The largest absolute Gasteiger partial charge is 0.478 e. The number of carboxylic acids is 1. The summed E-state index contributed by atoms with van der Waals surface area (Å²) in [6, 6.07) is 30.2. The van der Waals surface area contributed by atoms with Crippen molar-refractivity contribution in [2.24, 2.45) is 0 Å². The Morgan fingerprint density at radius 1 is 0.828 bits per heavy atom. The molecule has 29 heavy (non-hydrogen) atoms. The summed E-state index contributed by atoms with van der Waals surface area (Å²) in [5, 5.41) is 13.9. The zero-order valence-corrected chi connectivity index (χ0v) is 17.7. The Hall–Kier alpha value is -2.70. The van der Waals surface area contributed by atoms with Crippen molar-refractivity contribution in [3.63, 3.8) is 0 Å². The Labute approximate surface area is 175 Å². The van der Waals surface area contributed by atoms with Gasteiger partial charge in [0.25, 0.3) is 0 Å². The molecule has 0 fully saturated rings. The first-order chi connectivity index (χ1) is 14.6. The highest BCUT2D eigenvalue weighted by Crippen LogP contribution is 2.63. The number of unbranched alkanes of at least 4 members (excludes halogenated alkanes) is 2. The summed E-state index contributed by atoms with van der Waals surface area (Å²) < 4.78 is 8.63. The Balaban J connectivity index is 2.43. The predicted molar refractivity (Wildman–Crippen MR) is 125 cm³/mol. The van der Waals surface area contributed by atoms with E-state index in [9.17, 15) is 9.90 Å². The van der Waals surface area contributed by atoms with Gasteiger partial charge in [-0.1, -0.05) is 74.4 Å². The van der Waals surface area contributed by atoms with E-state index in [-0.39, 0.29) is 6.05 Å². The lowest BCUT2D eigenvalue weighted by molar-refractivity contribution is -0.131. The van der Waals surface area contributed by atoms with E-state index in [1.165, 1.54) is 0 Å². The van der Waals surface area contributed by atoms with Crippen molar-refractivity contribution in [2.75, 3.05) is 0 Å². The molecule has 0 spiro atoms. The quantitative estimate of drug-likeness (QED) is 0.289. The average Bonchev–Trinajstić information content (AvgIpc) is 2.80. The predicted octanol–water partition coefficient (Wildman–Crippen LogP) is 5.53. The Morgan fingerprint density at radius 3 is 1.59 bits per heavy atom. The number of hydrogen-bond donors (Lipinski definition) is 1. The van der Waals surface area contributed by atoms with E-state index in [0.717, 1.165) is 40.5 Å². The molecular weight excluding hydrogens is 375 g/mol. The van der Waals surface area contributed by atoms with Gasteiger partial charge in [-0.2, -0.15) is 0 Å². The third-order valence-corrected chi connectivity index (χ3v) is 9.47. The first-order valence-corrected chi connectivity index (χ1v) is 11.9. The van der Waals surface area contributed by atoms with Crippen molar-refractivity contribution < 1.29 is 11.3 Å². The third-order valence-electron chi connectivity index (χ3n) is 5.10. The molecular formula is C26H28O2P+. The second-order valence-electron chi connectivity index (χ2n) is 7.01. The average molecular weight is 404 g/mol. The summed E-state index contributed by atoms with van der Waals surface area (Å²) in [5.41, 5.74) is 0. The van der Waals surface area contributed by atoms with E-state index in [0.29, 0.717) is 6.42 Å². The number of carbonyl (C=O) groups is 1. The smallest absolute Gasteiger partial charge is 0.331 e. The normalized spacial score (nSPS) is 12.8. The third kappa shape index (κ3) is 4.66. The molecule has 0 aromatic heterocycles. The van der Waals surface area contributed by atoms with Crippen molar-refractivity contribution >= 4 is 29.1 Å². The van der Waals surface area contributed by atoms with Crippen LogP contribution in [0.2, 0.25) is 0 Å². The molecule has 0 unspecified atom stereocenters. The lowest BCUT2D eigenvalue weighted by Crippen LogP contribution is -2.32. The van der Waals surface area contributed by atoms with Gasteiger partial charge < -0.3 is 5.11 Å². The number of hydrogen-bond acceptors (Lipinski definition) is 1. The summed E-state index contributed by atoms with van der Waals surface area (Å²) >= 11 is 0. The first-order valence-electron chi connectivity index (χ1n) is 10.6. The minimum Gasteiger partial charge on any atom is -0.478 e. The van der Waals surface area contributed by atoms with Crippen molar-refractivity contribution in [1.29, 1.82) is 0 Å². The molecule has 3 aromatic carbocycles. The van der Waals surface area contributed by atoms with E-state index in [2.05, 4.69) is 43.3 Å². The molecule has 2 nitrogen and oxygen atoms in total. The summed E-state index contributed by atoms with van der Waals surface area (Å²) in [5.74, 6) is -1.16. The van der Waals surface area contributed by atoms with Gasteiger partial charge in [0.15, 0.2) is 0 Å². The van der Waals surface area contributed by atoms with Crippen molar-refractivity contribution in [3.05, 3.63) is 102 Å². The Kier molecular flexibility index (Phi) is 6.89. The van der Waals surface area contributed by atoms with Gasteiger partial charge in [-0.15, -0.1) is 0 Å². The molecule has 148 valence electrons. The maximum Gasteiger partial charge on any atom is 0.331 e. The maximum absolute atomic E-state index is 12.1. The molecule has 0 aliphatic rings. The zero-order chi connectivity index (χ0) is 21.4. The van der Waals surface area contributed by atoms with Gasteiger partial charge in [0.1, 0.15) is 23.2 Å². The molecule has 3 rings (SSSR count). The van der Waals surface area contributed by atoms with Gasteiger partial charge in [0, 0.05) is 6.42 Å². The lowest BCUT2D eigenvalue weighted by atomic mass is 10.2. The highest BCUT2D eigenvalue weighted by Gasteiger charge is 2.49. The minimum absolute atomic E-state index is 0.268. The first kappa shape index (κ1) is 19.6. The van der Waals surface area contributed by atoms with Gasteiger partial charge >= 0.3 is 5.97 Å². The molecule has 1 N–H and O–H groups in total. The molecule has 0 amide bonds. The Morgan fingerprint density at radius 2 is 1.24 bits per heavy atom. The fourth-order valence-electron chi connectivity index (χ4n) is 3.85. The van der Waals surface area contributed by atoms with Gasteiger partial charge in [0.2, 0.25) is 0 Å². The van der Waals surface area contributed by atoms with Crippen molar-refractivity contribution in [2.45, 2.75) is 32.6 Å². The van der Waals surface area contributed by atoms with Crippen LogP contribution in [-0.4, -0.2) is 11.1 Å². The van der Waals surface area contributed by atoms with Gasteiger partial charge in [-0.25, -0.2) is 4.79 Å². The number of rotatable bonds is 9. The van der Waals surface area contributed by atoms with Crippen LogP contribution in [0.1, 0.15) is 34.0 Å². The van der Waals surface area contributed by atoms with Crippen LogP contribution in [0.4, 0.5) is 0 Å². The number of carboxylic acid groups (broad SMARTS) is 1. The molecule has 0 aliphatic carbocycles. The minimum atomic E-state index is -2.50. The zero-order valence-electron chi connectivity index (χ0n) is 17.8. The van der Waals surface area contributed by atoms with E-state index >= 15 is 0 Å². The summed E-state index contributed by atoms with van der Waals surface area (Å²) in [6.45, 7) is 2.14. The highest BCUT2D eigenvalue weighted by molar-refractivity contribution is 7.99. The molecule has 0 saturated carbocycles. The molecule has 0 aliphatic heterocycles. The van der Waals surface area contributed by atoms with Gasteiger partial charge in [-0.3, -0.25) is 0 Å².